The Balaban J connectivity index is 1.73. The molecule has 2 aromatic heterocycles. The number of nitrogens with one attached hydrogen (secondary N) is 1. The van der Waals surface area contributed by atoms with Gasteiger partial charge in [0, 0.05) is 23.8 Å². The Labute approximate surface area is 149 Å². The molecule has 0 aliphatic heterocycles. The van der Waals surface area contributed by atoms with Crippen molar-refractivity contribution < 1.29 is 13.9 Å². The minimum Gasteiger partial charge on any atom is -0.495 e. The van der Waals surface area contributed by atoms with Gasteiger partial charge < -0.3 is 14.5 Å². The Kier molecular flexibility index (Phi) is 5.08. The molecule has 0 spiro atoms. The maximum absolute atomic E-state index is 12.3. The zero-order chi connectivity index (χ0) is 17.8. The molecule has 3 aromatic rings. The fraction of sp³-hybridized carbons (Fsp3) is 0.294. The van der Waals surface area contributed by atoms with Gasteiger partial charge in [-0.05, 0) is 31.5 Å². The van der Waals surface area contributed by atoms with E-state index in [0.717, 1.165) is 16.1 Å². The number of rotatable bonds is 6. The van der Waals surface area contributed by atoms with Crippen LogP contribution in [0.2, 0.25) is 0 Å². The molecule has 2 heterocycles. The molecule has 0 radical (unpaired) electrons. The summed E-state index contributed by atoms with van der Waals surface area (Å²) in [4.78, 5) is 17.6. The first-order valence-corrected chi connectivity index (χ1v) is 8.62. The third kappa shape index (κ3) is 4.03. The van der Waals surface area contributed by atoms with Crippen molar-refractivity contribution in [2.45, 2.75) is 26.7 Å². The maximum Gasteiger partial charge on any atom is 0.247 e. The Bertz CT molecular complexity index is 888. The average Bonchev–Trinajstić information content (AvgIpc) is 3.21. The molecule has 8 heteroatoms. The van der Waals surface area contributed by atoms with Crippen LogP contribution in [0.15, 0.2) is 28.1 Å². The van der Waals surface area contributed by atoms with Gasteiger partial charge in [0.05, 0.1) is 24.0 Å². The number of benzene rings is 1. The quantitative estimate of drug-likeness (QED) is 0.726. The monoisotopic (exact) mass is 358 g/mol. The van der Waals surface area contributed by atoms with Crippen molar-refractivity contribution in [1.82, 2.24) is 15.2 Å². The highest BCUT2D eigenvalue weighted by atomic mass is 32.1. The van der Waals surface area contributed by atoms with Crippen molar-refractivity contribution in [1.29, 1.82) is 0 Å². The second-order valence-corrected chi connectivity index (χ2v) is 6.39. The third-order valence-electron chi connectivity index (χ3n) is 3.67. The molecule has 25 heavy (non-hydrogen) atoms. The fourth-order valence-corrected chi connectivity index (χ4v) is 3.14. The fourth-order valence-electron chi connectivity index (χ4n) is 2.36. The van der Waals surface area contributed by atoms with Crippen molar-refractivity contribution in [3.63, 3.8) is 0 Å². The largest absolute Gasteiger partial charge is 0.495 e. The number of nitrogens with zero attached hydrogens (tertiary/aromatic N) is 3. The van der Waals surface area contributed by atoms with E-state index in [1.54, 1.807) is 43.0 Å². The second-order valence-electron chi connectivity index (χ2n) is 5.45. The first kappa shape index (κ1) is 17.1. The first-order valence-electron chi connectivity index (χ1n) is 7.74. The molecule has 0 unspecified atom stereocenters. The van der Waals surface area contributed by atoms with E-state index in [-0.39, 0.29) is 5.91 Å². The number of hydrogen-bond donors (Lipinski definition) is 1. The van der Waals surface area contributed by atoms with Crippen LogP contribution < -0.4 is 10.1 Å². The lowest BCUT2D eigenvalue weighted by Gasteiger charge is -2.11. The van der Waals surface area contributed by atoms with Crippen molar-refractivity contribution in [2.75, 3.05) is 12.4 Å². The summed E-state index contributed by atoms with van der Waals surface area (Å²) in [5, 5.41) is 10.7. The van der Waals surface area contributed by atoms with Gasteiger partial charge in [-0.25, -0.2) is 4.98 Å². The lowest BCUT2D eigenvalue weighted by molar-refractivity contribution is -0.116. The number of aromatic nitrogens is 3. The van der Waals surface area contributed by atoms with E-state index in [1.807, 2.05) is 13.0 Å². The van der Waals surface area contributed by atoms with Crippen LogP contribution in [0.1, 0.15) is 22.9 Å². The van der Waals surface area contributed by atoms with Crippen molar-refractivity contribution in [3.8, 4) is 17.2 Å². The minimum atomic E-state index is -0.0926. The molecule has 1 N–H and O–H groups in total. The molecule has 1 aromatic carbocycles. The van der Waals surface area contributed by atoms with Gasteiger partial charge in [-0.1, -0.05) is 0 Å². The summed E-state index contributed by atoms with van der Waals surface area (Å²) >= 11 is 1.56. The Morgan fingerprint density at radius 3 is 2.80 bits per heavy atom. The van der Waals surface area contributed by atoms with Crippen LogP contribution in [0, 0.1) is 13.8 Å². The van der Waals surface area contributed by atoms with E-state index < -0.39 is 0 Å². The van der Waals surface area contributed by atoms with E-state index in [0.29, 0.717) is 36.1 Å². The summed E-state index contributed by atoms with van der Waals surface area (Å²) in [6, 6.07) is 5.33. The van der Waals surface area contributed by atoms with Gasteiger partial charge in [0.2, 0.25) is 17.7 Å². The standard InChI is InChI=1S/C17H18N4O3S/c1-10-15(25-9-18-10)6-7-16(22)19-13-8-12(4-5-14(13)23-3)17-21-20-11(2)24-17/h4-5,8-9H,6-7H2,1-3H3,(H,19,22). The number of anilines is 1. The maximum atomic E-state index is 12.3. The van der Waals surface area contributed by atoms with E-state index in [2.05, 4.69) is 20.5 Å². The molecule has 3 rings (SSSR count). The first-order chi connectivity index (χ1) is 12.1. The number of carbonyl (C=O) groups excluding carboxylic acids is 1. The number of hydrogen-bond acceptors (Lipinski definition) is 7. The highest BCUT2D eigenvalue weighted by Gasteiger charge is 2.13. The van der Waals surface area contributed by atoms with Crippen LogP contribution in [-0.4, -0.2) is 28.2 Å². The van der Waals surface area contributed by atoms with Gasteiger partial charge >= 0.3 is 0 Å². The summed E-state index contributed by atoms with van der Waals surface area (Å²) in [5.41, 5.74) is 4.06. The van der Waals surface area contributed by atoms with E-state index in [9.17, 15) is 4.79 Å². The van der Waals surface area contributed by atoms with E-state index in [1.165, 1.54) is 0 Å². The molecule has 0 fully saturated rings. The zero-order valence-corrected chi connectivity index (χ0v) is 15.0. The number of amides is 1. The Hall–Kier alpha value is -2.74. The minimum absolute atomic E-state index is 0.0926. The summed E-state index contributed by atoms with van der Waals surface area (Å²) in [6.45, 7) is 3.67. The topological polar surface area (TPSA) is 90.1 Å². The predicted molar refractivity (Wildman–Crippen MR) is 94.8 cm³/mol. The van der Waals surface area contributed by atoms with Crippen molar-refractivity contribution in [2.24, 2.45) is 0 Å². The van der Waals surface area contributed by atoms with Crippen LogP contribution in [0.3, 0.4) is 0 Å². The number of methoxy groups -OCH3 is 1. The van der Waals surface area contributed by atoms with E-state index in [4.69, 9.17) is 9.15 Å². The summed E-state index contributed by atoms with van der Waals surface area (Å²) < 4.78 is 10.8. The highest BCUT2D eigenvalue weighted by Crippen LogP contribution is 2.30. The lowest BCUT2D eigenvalue weighted by Crippen LogP contribution is -2.13. The molecule has 1 amide bonds. The lowest BCUT2D eigenvalue weighted by atomic mass is 10.1. The van der Waals surface area contributed by atoms with Gasteiger partial charge in [-0.3, -0.25) is 4.79 Å². The van der Waals surface area contributed by atoms with Gasteiger partial charge in [0.15, 0.2) is 0 Å². The molecular formula is C17H18N4O3S. The van der Waals surface area contributed by atoms with Gasteiger partial charge in [-0.2, -0.15) is 0 Å². The van der Waals surface area contributed by atoms with Crippen LogP contribution in [0.25, 0.3) is 11.5 Å². The van der Waals surface area contributed by atoms with Crippen LogP contribution >= 0.6 is 11.3 Å². The summed E-state index contributed by atoms with van der Waals surface area (Å²) in [5.74, 6) is 1.36. The Morgan fingerprint density at radius 1 is 1.32 bits per heavy atom. The molecule has 0 aliphatic carbocycles. The molecule has 0 aliphatic rings. The van der Waals surface area contributed by atoms with Gasteiger partial charge in [0.25, 0.3) is 0 Å². The van der Waals surface area contributed by atoms with Gasteiger partial charge in [0.1, 0.15) is 5.75 Å². The molecule has 130 valence electrons. The van der Waals surface area contributed by atoms with Gasteiger partial charge in [-0.15, -0.1) is 21.5 Å². The number of ether oxygens (including phenoxy) is 1. The molecule has 0 atom stereocenters. The van der Waals surface area contributed by atoms with Crippen LogP contribution in [-0.2, 0) is 11.2 Å². The van der Waals surface area contributed by atoms with Crippen LogP contribution in [0.4, 0.5) is 5.69 Å². The van der Waals surface area contributed by atoms with Crippen molar-refractivity contribution in [3.05, 3.63) is 40.2 Å². The number of carbonyl (C=O) groups is 1. The average molecular weight is 358 g/mol. The van der Waals surface area contributed by atoms with E-state index >= 15 is 0 Å². The molecule has 0 bridgehead atoms. The Morgan fingerprint density at radius 2 is 2.16 bits per heavy atom. The molecular weight excluding hydrogens is 340 g/mol. The summed E-state index contributed by atoms with van der Waals surface area (Å²) in [7, 11) is 1.56. The zero-order valence-electron chi connectivity index (χ0n) is 14.2. The van der Waals surface area contributed by atoms with Crippen LogP contribution in [0.5, 0.6) is 5.75 Å². The number of aryl methyl sites for hydroxylation is 3. The number of thiazole rings is 1. The molecule has 0 saturated heterocycles. The van der Waals surface area contributed by atoms with Crippen molar-refractivity contribution >= 4 is 22.9 Å². The predicted octanol–water partition coefficient (Wildman–Crippen LogP) is 3.39. The molecule has 0 saturated carbocycles. The third-order valence-corrected chi connectivity index (χ3v) is 4.67. The normalized spacial score (nSPS) is 10.7. The molecule has 7 nitrogen and oxygen atoms in total. The highest BCUT2D eigenvalue weighted by molar-refractivity contribution is 7.09. The summed E-state index contributed by atoms with van der Waals surface area (Å²) in [6.07, 6.45) is 1.03. The second kappa shape index (κ2) is 7.43. The SMILES string of the molecule is COc1ccc(-c2nnc(C)o2)cc1NC(=O)CCc1scnc1C. The smallest absolute Gasteiger partial charge is 0.247 e.